The Labute approximate surface area is 70.3 Å². The van der Waals surface area contributed by atoms with Gasteiger partial charge >= 0.3 is 0 Å². The molecule has 0 aliphatic rings. The molecule has 66 valence electrons. The van der Waals surface area contributed by atoms with E-state index in [2.05, 4.69) is 9.82 Å². The highest BCUT2D eigenvalue weighted by Crippen LogP contribution is 2.11. The van der Waals surface area contributed by atoms with E-state index in [9.17, 15) is 4.39 Å². The molecule has 0 aromatic carbocycles. The third-order valence-corrected chi connectivity index (χ3v) is 1.60. The summed E-state index contributed by atoms with van der Waals surface area (Å²) < 4.78 is 12.4. The lowest BCUT2D eigenvalue weighted by Crippen LogP contribution is -2.09. The van der Waals surface area contributed by atoms with Crippen LogP contribution in [0.4, 0.5) is 4.39 Å². The van der Waals surface area contributed by atoms with E-state index < -0.39 is 0 Å². The second-order valence-corrected chi connectivity index (χ2v) is 2.64. The van der Waals surface area contributed by atoms with Crippen LogP contribution >= 0.6 is 0 Å². The first-order valence-corrected chi connectivity index (χ1v) is 3.67. The Morgan fingerprint density at radius 2 is 2.42 bits per heavy atom. The Hall–Kier alpha value is -1.00. The zero-order valence-corrected chi connectivity index (χ0v) is 6.83. The average Bonchev–Trinajstić information content (AvgIpc) is 2.06. The van der Waals surface area contributed by atoms with E-state index in [0.717, 1.165) is 5.69 Å². The molecular weight excluding hydrogens is 159 g/mol. The van der Waals surface area contributed by atoms with Gasteiger partial charge in [-0.2, -0.15) is 0 Å². The molecule has 0 bridgehead atoms. The van der Waals surface area contributed by atoms with Gasteiger partial charge in [-0.15, -0.1) is 0 Å². The molecule has 0 aliphatic heterocycles. The lowest BCUT2D eigenvalue weighted by Gasteiger charge is -2.07. The number of nitrogens with two attached hydrogens (primary N) is 1. The maximum Gasteiger partial charge on any atom is 0.141 e. The molecule has 0 fully saturated rings. The van der Waals surface area contributed by atoms with Crippen molar-refractivity contribution in [2.24, 2.45) is 5.90 Å². The minimum Gasteiger partial charge on any atom is -0.304 e. The minimum atomic E-state index is -0.334. The van der Waals surface area contributed by atoms with Crippen LogP contribution in [-0.4, -0.2) is 11.6 Å². The van der Waals surface area contributed by atoms with Crippen molar-refractivity contribution in [2.75, 3.05) is 6.61 Å². The fraction of sp³-hybridized carbons (Fsp3) is 0.375. The molecule has 0 saturated carbocycles. The van der Waals surface area contributed by atoms with Crippen LogP contribution in [0.25, 0.3) is 0 Å². The van der Waals surface area contributed by atoms with Crippen molar-refractivity contribution in [1.82, 2.24) is 4.98 Å². The molecule has 4 heteroatoms. The maximum absolute atomic E-state index is 12.4. The zero-order chi connectivity index (χ0) is 8.97. The second kappa shape index (κ2) is 4.13. The summed E-state index contributed by atoms with van der Waals surface area (Å²) in [5, 5.41) is 0. The fourth-order valence-electron chi connectivity index (χ4n) is 0.908. The largest absolute Gasteiger partial charge is 0.304 e. The third kappa shape index (κ3) is 2.25. The molecule has 1 heterocycles. The van der Waals surface area contributed by atoms with Crippen molar-refractivity contribution < 1.29 is 9.23 Å². The standard InChI is InChI=1S/C8H11FN2O/c1-6(5-12-10)8-3-2-7(9)4-11-8/h2-4,6H,5,10H2,1H3. The summed E-state index contributed by atoms with van der Waals surface area (Å²) in [6.45, 7) is 2.30. The molecule has 12 heavy (non-hydrogen) atoms. The van der Waals surface area contributed by atoms with Crippen LogP contribution in [0.2, 0.25) is 0 Å². The molecule has 0 spiro atoms. The van der Waals surface area contributed by atoms with E-state index in [4.69, 9.17) is 5.90 Å². The van der Waals surface area contributed by atoms with Gasteiger partial charge in [-0.3, -0.25) is 4.98 Å². The topological polar surface area (TPSA) is 48.1 Å². The zero-order valence-electron chi connectivity index (χ0n) is 6.83. The number of aromatic nitrogens is 1. The SMILES string of the molecule is CC(CON)c1ccc(F)cn1. The van der Waals surface area contributed by atoms with Gasteiger partial charge in [-0.1, -0.05) is 6.92 Å². The first-order chi connectivity index (χ1) is 5.74. The number of nitrogens with zero attached hydrogens (tertiary/aromatic N) is 1. The van der Waals surface area contributed by atoms with Gasteiger partial charge in [-0.05, 0) is 12.1 Å². The van der Waals surface area contributed by atoms with Crippen LogP contribution in [-0.2, 0) is 4.84 Å². The van der Waals surface area contributed by atoms with Crippen molar-refractivity contribution in [2.45, 2.75) is 12.8 Å². The van der Waals surface area contributed by atoms with Crippen molar-refractivity contribution in [1.29, 1.82) is 0 Å². The summed E-state index contributed by atoms with van der Waals surface area (Å²) in [5.74, 6) is 4.65. The van der Waals surface area contributed by atoms with Crippen LogP contribution in [0.15, 0.2) is 18.3 Å². The van der Waals surface area contributed by atoms with Crippen molar-refractivity contribution in [3.8, 4) is 0 Å². The molecule has 0 saturated heterocycles. The Bertz CT molecular complexity index is 237. The Morgan fingerprint density at radius 3 is 2.92 bits per heavy atom. The molecule has 1 aromatic rings. The van der Waals surface area contributed by atoms with E-state index >= 15 is 0 Å². The predicted molar refractivity (Wildman–Crippen MR) is 42.7 cm³/mol. The average molecular weight is 170 g/mol. The first-order valence-electron chi connectivity index (χ1n) is 3.67. The van der Waals surface area contributed by atoms with Gasteiger partial charge in [0.05, 0.1) is 12.8 Å². The molecule has 1 unspecified atom stereocenters. The summed E-state index contributed by atoms with van der Waals surface area (Å²) in [6, 6.07) is 2.99. The molecule has 2 N–H and O–H groups in total. The lowest BCUT2D eigenvalue weighted by atomic mass is 10.1. The maximum atomic E-state index is 12.4. The van der Waals surface area contributed by atoms with Crippen LogP contribution in [0.1, 0.15) is 18.5 Å². The van der Waals surface area contributed by atoms with Gasteiger partial charge in [0, 0.05) is 11.6 Å². The molecule has 0 radical (unpaired) electrons. The molecule has 0 amide bonds. The smallest absolute Gasteiger partial charge is 0.141 e. The Morgan fingerprint density at radius 1 is 1.67 bits per heavy atom. The second-order valence-electron chi connectivity index (χ2n) is 2.64. The van der Waals surface area contributed by atoms with Crippen LogP contribution in [0, 0.1) is 5.82 Å². The predicted octanol–water partition coefficient (Wildman–Crippen LogP) is 1.21. The minimum absolute atomic E-state index is 0.0931. The molecule has 1 aromatic heterocycles. The van der Waals surface area contributed by atoms with Gasteiger partial charge in [0.15, 0.2) is 0 Å². The van der Waals surface area contributed by atoms with Gasteiger partial charge in [-0.25, -0.2) is 10.3 Å². The summed E-state index contributed by atoms with van der Waals surface area (Å²) in [4.78, 5) is 8.34. The number of pyridine rings is 1. The molecule has 1 rings (SSSR count). The van der Waals surface area contributed by atoms with Crippen molar-refractivity contribution in [3.05, 3.63) is 29.8 Å². The van der Waals surface area contributed by atoms with Crippen LogP contribution in [0.3, 0.4) is 0 Å². The molecular formula is C8H11FN2O. The van der Waals surface area contributed by atoms with Crippen LogP contribution < -0.4 is 5.90 Å². The van der Waals surface area contributed by atoms with E-state index in [0.29, 0.717) is 6.61 Å². The van der Waals surface area contributed by atoms with Crippen molar-refractivity contribution in [3.63, 3.8) is 0 Å². The summed E-state index contributed by atoms with van der Waals surface area (Å²) in [7, 11) is 0. The highest BCUT2D eigenvalue weighted by molar-refractivity contribution is 5.09. The van der Waals surface area contributed by atoms with Gasteiger partial charge in [0.1, 0.15) is 5.82 Å². The van der Waals surface area contributed by atoms with E-state index in [1.807, 2.05) is 6.92 Å². The quantitative estimate of drug-likeness (QED) is 0.694. The highest BCUT2D eigenvalue weighted by atomic mass is 19.1. The van der Waals surface area contributed by atoms with E-state index in [1.165, 1.54) is 12.3 Å². The number of hydrogen-bond donors (Lipinski definition) is 1. The highest BCUT2D eigenvalue weighted by Gasteiger charge is 2.05. The lowest BCUT2D eigenvalue weighted by molar-refractivity contribution is 0.126. The molecule has 3 nitrogen and oxygen atoms in total. The van der Waals surface area contributed by atoms with E-state index in [-0.39, 0.29) is 11.7 Å². The monoisotopic (exact) mass is 170 g/mol. The number of hydrogen-bond acceptors (Lipinski definition) is 3. The first kappa shape index (κ1) is 9.09. The Balaban J connectivity index is 2.68. The Kier molecular flexibility index (Phi) is 3.13. The fourth-order valence-corrected chi connectivity index (χ4v) is 0.908. The summed E-state index contributed by atoms with van der Waals surface area (Å²) >= 11 is 0. The summed E-state index contributed by atoms with van der Waals surface area (Å²) in [6.07, 6.45) is 1.18. The van der Waals surface area contributed by atoms with E-state index in [1.54, 1.807) is 6.07 Å². The molecule has 0 aliphatic carbocycles. The summed E-state index contributed by atoms with van der Waals surface area (Å²) in [5.41, 5.74) is 0.779. The van der Waals surface area contributed by atoms with Crippen molar-refractivity contribution >= 4 is 0 Å². The van der Waals surface area contributed by atoms with Crippen LogP contribution in [0.5, 0.6) is 0 Å². The number of rotatable bonds is 3. The van der Waals surface area contributed by atoms with Gasteiger partial charge in [0.25, 0.3) is 0 Å². The normalized spacial score (nSPS) is 12.9. The van der Waals surface area contributed by atoms with Gasteiger partial charge < -0.3 is 4.84 Å². The van der Waals surface area contributed by atoms with Gasteiger partial charge in [0.2, 0.25) is 0 Å². The number of halogens is 1. The third-order valence-electron chi connectivity index (χ3n) is 1.60. The molecule has 1 atom stereocenters.